The van der Waals surface area contributed by atoms with Crippen molar-refractivity contribution in [2.24, 2.45) is 0 Å². The average Bonchev–Trinajstić information content (AvgIpc) is 2.37. The molecule has 1 N–H and O–H groups in total. The van der Waals surface area contributed by atoms with Crippen LogP contribution in [-0.4, -0.2) is 55.5 Å². The first-order valence-corrected chi connectivity index (χ1v) is 6.03. The van der Waals surface area contributed by atoms with E-state index in [1.807, 2.05) is 6.92 Å². The predicted molar refractivity (Wildman–Crippen MR) is 69.7 cm³/mol. The minimum atomic E-state index is 0.237. The molecular formula is C13H22N2O3. The third-order valence-corrected chi connectivity index (χ3v) is 2.69. The molecule has 18 heavy (non-hydrogen) atoms. The molecular weight excluding hydrogens is 232 g/mol. The van der Waals surface area contributed by atoms with Crippen molar-refractivity contribution in [3.8, 4) is 5.75 Å². The summed E-state index contributed by atoms with van der Waals surface area (Å²) in [6.07, 6.45) is 0. The second kappa shape index (κ2) is 8.02. The van der Waals surface area contributed by atoms with Crippen molar-refractivity contribution in [3.05, 3.63) is 23.5 Å². The Kier molecular flexibility index (Phi) is 6.64. The Morgan fingerprint density at radius 2 is 1.78 bits per heavy atom. The van der Waals surface area contributed by atoms with Gasteiger partial charge in [0.05, 0.1) is 18.9 Å². The van der Waals surface area contributed by atoms with Crippen LogP contribution in [-0.2, 0) is 16.0 Å². The summed E-state index contributed by atoms with van der Waals surface area (Å²) in [7, 11) is 3.35. The van der Waals surface area contributed by atoms with Crippen LogP contribution in [0.15, 0.2) is 12.1 Å². The number of aryl methyl sites for hydroxylation is 1. The molecule has 0 amide bonds. The second-order valence-electron chi connectivity index (χ2n) is 4.18. The Bertz CT molecular complexity index is 350. The van der Waals surface area contributed by atoms with Crippen LogP contribution in [0.2, 0.25) is 0 Å². The van der Waals surface area contributed by atoms with Gasteiger partial charge in [-0.15, -0.1) is 0 Å². The first kappa shape index (κ1) is 14.9. The van der Waals surface area contributed by atoms with Crippen molar-refractivity contribution in [2.75, 3.05) is 40.5 Å². The zero-order chi connectivity index (χ0) is 13.4. The highest BCUT2D eigenvalue weighted by atomic mass is 16.5. The molecule has 0 unspecified atom stereocenters. The largest absolute Gasteiger partial charge is 0.506 e. The molecule has 0 aliphatic rings. The molecule has 102 valence electrons. The lowest BCUT2D eigenvalue weighted by Crippen LogP contribution is -2.30. The Labute approximate surface area is 108 Å². The van der Waals surface area contributed by atoms with Crippen molar-refractivity contribution in [1.82, 2.24) is 9.88 Å². The quantitative estimate of drug-likeness (QED) is 0.755. The topological polar surface area (TPSA) is 54.8 Å². The van der Waals surface area contributed by atoms with E-state index < -0.39 is 0 Å². The molecule has 0 aliphatic carbocycles. The van der Waals surface area contributed by atoms with Crippen LogP contribution in [0.4, 0.5) is 0 Å². The first-order chi connectivity index (χ1) is 8.67. The van der Waals surface area contributed by atoms with Gasteiger partial charge in [-0.3, -0.25) is 9.88 Å². The van der Waals surface area contributed by atoms with E-state index in [0.717, 1.165) is 18.8 Å². The summed E-state index contributed by atoms with van der Waals surface area (Å²) in [5.41, 5.74) is 1.60. The second-order valence-corrected chi connectivity index (χ2v) is 4.18. The van der Waals surface area contributed by atoms with Crippen molar-refractivity contribution >= 4 is 0 Å². The molecule has 0 aromatic carbocycles. The average molecular weight is 254 g/mol. The number of methoxy groups -OCH3 is 2. The number of pyridine rings is 1. The number of hydrogen-bond donors (Lipinski definition) is 1. The van der Waals surface area contributed by atoms with Crippen LogP contribution in [0.25, 0.3) is 0 Å². The van der Waals surface area contributed by atoms with Crippen LogP contribution in [0.1, 0.15) is 11.4 Å². The maximum absolute atomic E-state index is 9.78. The van der Waals surface area contributed by atoms with Gasteiger partial charge >= 0.3 is 0 Å². The minimum Gasteiger partial charge on any atom is -0.506 e. The highest BCUT2D eigenvalue weighted by Crippen LogP contribution is 2.16. The van der Waals surface area contributed by atoms with E-state index in [0.29, 0.717) is 25.5 Å². The van der Waals surface area contributed by atoms with E-state index in [1.54, 1.807) is 26.4 Å². The first-order valence-electron chi connectivity index (χ1n) is 6.03. The molecule has 5 nitrogen and oxygen atoms in total. The van der Waals surface area contributed by atoms with Gasteiger partial charge in [-0.05, 0) is 19.1 Å². The molecule has 0 bridgehead atoms. The molecule has 1 heterocycles. The van der Waals surface area contributed by atoms with Gasteiger partial charge in [0, 0.05) is 39.5 Å². The molecule has 0 saturated carbocycles. The van der Waals surface area contributed by atoms with Crippen molar-refractivity contribution in [2.45, 2.75) is 13.5 Å². The Morgan fingerprint density at radius 1 is 1.17 bits per heavy atom. The molecule has 0 spiro atoms. The van der Waals surface area contributed by atoms with E-state index in [4.69, 9.17) is 9.47 Å². The monoisotopic (exact) mass is 254 g/mol. The van der Waals surface area contributed by atoms with Crippen molar-refractivity contribution < 1.29 is 14.6 Å². The van der Waals surface area contributed by atoms with Gasteiger partial charge in [-0.1, -0.05) is 0 Å². The van der Waals surface area contributed by atoms with Gasteiger partial charge in [0.1, 0.15) is 5.75 Å². The normalized spacial score (nSPS) is 11.1. The predicted octanol–water partition coefficient (Wildman–Crippen LogP) is 1.19. The van der Waals surface area contributed by atoms with Crippen LogP contribution in [0, 0.1) is 6.92 Å². The zero-order valence-electron chi connectivity index (χ0n) is 11.3. The van der Waals surface area contributed by atoms with Gasteiger partial charge < -0.3 is 14.6 Å². The van der Waals surface area contributed by atoms with Crippen molar-refractivity contribution in [1.29, 1.82) is 0 Å². The van der Waals surface area contributed by atoms with Gasteiger partial charge in [0.2, 0.25) is 0 Å². The summed E-state index contributed by atoms with van der Waals surface area (Å²) in [5.74, 6) is 0.237. The summed E-state index contributed by atoms with van der Waals surface area (Å²) in [4.78, 5) is 6.50. The van der Waals surface area contributed by atoms with Gasteiger partial charge in [-0.2, -0.15) is 0 Å². The lowest BCUT2D eigenvalue weighted by Gasteiger charge is -2.21. The summed E-state index contributed by atoms with van der Waals surface area (Å²) in [6.45, 7) is 5.38. The highest BCUT2D eigenvalue weighted by molar-refractivity contribution is 5.27. The van der Waals surface area contributed by atoms with Crippen LogP contribution < -0.4 is 0 Å². The Balaban J connectivity index is 2.65. The fourth-order valence-electron chi connectivity index (χ4n) is 1.64. The summed E-state index contributed by atoms with van der Waals surface area (Å²) in [5, 5.41) is 9.78. The maximum atomic E-state index is 9.78. The SMILES string of the molecule is COCCN(CCOC)Cc1nc(C)ccc1O. The molecule has 1 rings (SSSR count). The fourth-order valence-corrected chi connectivity index (χ4v) is 1.64. The molecule has 0 aliphatic heterocycles. The van der Waals surface area contributed by atoms with Crippen molar-refractivity contribution in [3.63, 3.8) is 0 Å². The van der Waals surface area contributed by atoms with Crippen LogP contribution >= 0.6 is 0 Å². The summed E-state index contributed by atoms with van der Waals surface area (Å²) >= 11 is 0. The number of hydrogen-bond acceptors (Lipinski definition) is 5. The van der Waals surface area contributed by atoms with E-state index >= 15 is 0 Å². The molecule has 0 radical (unpaired) electrons. The lowest BCUT2D eigenvalue weighted by atomic mass is 10.2. The molecule has 1 aromatic rings. The summed E-state index contributed by atoms with van der Waals surface area (Å²) < 4.78 is 10.2. The van der Waals surface area contributed by atoms with E-state index in [9.17, 15) is 5.11 Å². The molecule has 0 fully saturated rings. The smallest absolute Gasteiger partial charge is 0.138 e. The number of ether oxygens (including phenoxy) is 2. The summed E-state index contributed by atoms with van der Waals surface area (Å²) in [6, 6.07) is 3.48. The molecule has 0 atom stereocenters. The number of aromatic hydroxyl groups is 1. The zero-order valence-corrected chi connectivity index (χ0v) is 11.3. The van der Waals surface area contributed by atoms with Crippen LogP contribution in [0.3, 0.4) is 0 Å². The van der Waals surface area contributed by atoms with E-state index in [-0.39, 0.29) is 5.75 Å². The maximum Gasteiger partial charge on any atom is 0.138 e. The fraction of sp³-hybridized carbons (Fsp3) is 0.615. The lowest BCUT2D eigenvalue weighted by molar-refractivity contribution is 0.109. The number of aromatic nitrogens is 1. The minimum absolute atomic E-state index is 0.237. The number of nitrogens with zero attached hydrogens (tertiary/aromatic N) is 2. The third-order valence-electron chi connectivity index (χ3n) is 2.69. The number of rotatable bonds is 8. The highest BCUT2D eigenvalue weighted by Gasteiger charge is 2.10. The van der Waals surface area contributed by atoms with Gasteiger partial charge in [0.25, 0.3) is 0 Å². The molecule has 0 saturated heterocycles. The third kappa shape index (κ3) is 5.00. The molecule has 5 heteroatoms. The molecule has 1 aromatic heterocycles. The Morgan fingerprint density at radius 3 is 2.33 bits per heavy atom. The van der Waals surface area contributed by atoms with Crippen LogP contribution in [0.5, 0.6) is 5.75 Å². The van der Waals surface area contributed by atoms with Gasteiger partial charge in [0.15, 0.2) is 0 Å². The van der Waals surface area contributed by atoms with E-state index in [2.05, 4.69) is 9.88 Å². The van der Waals surface area contributed by atoms with E-state index in [1.165, 1.54) is 0 Å². The standard InChI is InChI=1S/C13H22N2O3/c1-11-4-5-13(16)12(14-11)10-15(6-8-17-2)7-9-18-3/h4-5,16H,6-10H2,1-3H3. The van der Waals surface area contributed by atoms with Gasteiger partial charge in [-0.25, -0.2) is 0 Å². The Hall–Kier alpha value is -1.17.